The highest BCUT2D eigenvalue weighted by atomic mass is 16.5. The van der Waals surface area contributed by atoms with Crippen LogP contribution in [0, 0.1) is 5.92 Å². The molecule has 1 aromatic heterocycles. The average molecular weight is 265 g/mol. The molecule has 2 heterocycles. The van der Waals surface area contributed by atoms with Gasteiger partial charge < -0.3 is 9.63 Å². The third-order valence-corrected chi connectivity index (χ3v) is 3.91. The number of hydrogen-bond donors (Lipinski definition) is 1. The number of rotatable bonds is 6. The van der Waals surface area contributed by atoms with E-state index in [4.69, 9.17) is 9.63 Å². The predicted molar refractivity (Wildman–Crippen MR) is 66.5 cm³/mol. The molecule has 1 N–H and O–H groups in total. The van der Waals surface area contributed by atoms with Crippen molar-refractivity contribution in [2.45, 2.75) is 44.6 Å². The molecule has 1 saturated heterocycles. The molecule has 1 aromatic rings. The van der Waals surface area contributed by atoms with E-state index in [0.717, 1.165) is 44.2 Å². The van der Waals surface area contributed by atoms with Crippen molar-refractivity contribution in [1.29, 1.82) is 0 Å². The Kier molecular flexibility index (Phi) is 3.50. The van der Waals surface area contributed by atoms with Crippen LogP contribution >= 0.6 is 0 Å². The Hall–Kier alpha value is -1.43. The Morgan fingerprint density at radius 2 is 2.26 bits per heavy atom. The molecule has 2 aliphatic rings. The van der Waals surface area contributed by atoms with Crippen molar-refractivity contribution in [1.82, 2.24) is 15.0 Å². The smallest absolute Gasteiger partial charge is 0.303 e. The van der Waals surface area contributed by atoms with E-state index in [-0.39, 0.29) is 6.42 Å². The Morgan fingerprint density at radius 1 is 1.42 bits per heavy atom. The molecule has 1 aliphatic heterocycles. The summed E-state index contributed by atoms with van der Waals surface area (Å²) in [4.78, 5) is 17.3. The zero-order valence-corrected chi connectivity index (χ0v) is 10.9. The summed E-state index contributed by atoms with van der Waals surface area (Å²) in [5, 5.41) is 12.7. The lowest BCUT2D eigenvalue weighted by Crippen LogP contribution is -2.21. The van der Waals surface area contributed by atoms with Crippen LogP contribution in [0.5, 0.6) is 0 Å². The van der Waals surface area contributed by atoms with Gasteiger partial charge in [0.15, 0.2) is 5.82 Å². The number of likely N-dealkylation sites (tertiary alicyclic amines) is 1. The number of carbonyl (C=O) groups is 1. The Bertz CT molecular complexity index is 456. The first-order valence-electron chi connectivity index (χ1n) is 6.97. The fraction of sp³-hybridized carbons (Fsp3) is 0.769. The monoisotopic (exact) mass is 265 g/mol. The number of hydrogen-bond acceptors (Lipinski definition) is 5. The number of carboxylic acids is 1. The van der Waals surface area contributed by atoms with Crippen LogP contribution in [-0.2, 0) is 11.3 Å². The van der Waals surface area contributed by atoms with Crippen LogP contribution in [0.4, 0.5) is 0 Å². The molecule has 0 aromatic carbocycles. The highest BCUT2D eigenvalue weighted by Crippen LogP contribution is 2.38. The van der Waals surface area contributed by atoms with Crippen LogP contribution in [0.25, 0.3) is 0 Å². The van der Waals surface area contributed by atoms with Gasteiger partial charge in [0, 0.05) is 18.9 Å². The molecule has 0 amide bonds. The normalized spacial score (nSPS) is 23.9. The molecule has 0 bridgehead atoms. The summed E-state index contributed by atoms with van der Waals surface area (Å²) >= 11 is 0. The summed E-state index contributed by atoms with van der Waals surface area (Å²) in [5.74, 6) is 1.84. The van der Waals surface area contributed by atoms with E-state index in [9.17, 15) is 4.79 Å². The number of aromatic nitrogens is 2. The van der Waals surface area contributed by atoms with Gasteiger partial charge in [-0.3, -0.25) is 9.69 Å². The summed E-state index contributed by atoms with van der Waals surface area (Å²) in [6.07, 6.45) is 4.45. The van der Waals surface area contributed by atoms with Crippen LogP contribution in [0.1, 0.15) is 49.7 Å². The van der Waals surface area contributed by atoms with Crippen LogP contribution in [0.15, 0.2) is 4.52 Å². The minimum absolute atomic E-state index is 0.270. The molecule has 1 unspecified atom stereocenters. The maximum Gasteiger partial charge on any atom is 0.303 e. The van der Waals surface area contributed by atoms with Crippen molar-refractivity contribution in [3.63, 3.8) is 0 Å². The first-order chi connectivity index (χ1) is 9.20. The number of carboxylic acid groups (broad SMARTS) is 1. The second-order valence-corrected chi connectivity index (χ2v) is 5.65. The second-order valence-electron chi connectivity index (χ2n) is 5.65. The number of aliphatic carboxylic acids is 1. The van der Waals surface area contributed by atoms with Crippen LogP contribution in [-0.4, -0.2) is 39.2 Å². The molecule has 0 spiro atoms. The maximum absolute atomic E-state index is 10.6. The summed E-state index contributed by atoms with van der Waals surface area (Å²) in [5.41, 5.74) is 0. The van der Waals surface area contributed by atoms with E-state index in [1.807, 2.05) is 0 Å². The molecule has 6 heteroatoms. The average Bonchev–Trinajstić information content (AvgIpc) is 2.96. The lowest BCUT2D eigenvalue weighted by atomic mass is 10.0. The van der Waals surface area contributed by atoms with Gasteiger partial charge in [-0.2, -0.15) is 4.98 Å². The van der Waals surface area contributed by atoms with Crippen molar-refractivity contribution in [2.24, 2.45) is 5.92 Å². The van der Waals surface area contributed by atoms with Gasteiger partial charge in [0.25, 0.3) is 0 Å². The molecule has 2 fully saturated rings. The SMILES string of the molecule is O=C(O)CCC1CCN(Cc2noc(C3CC3)n2)C1. The van der Waals surface area contributed by atoms with Crippen molar-refractivity contribution < 1.29 is 14.4 Å². The quantitative estimate of drug-likeness (QED) is 0.842. The van der Waals surface area contributed by atoms with Gasteiger partial charge in [-0.15, -0.1) is 0 Å². The van der Waals surface area contributed by atoms with Crippen molar-refractivity contribution in [3.05, 3.63) is 11.7 Å². The zero-order chi connectivity index (χ0) is 13.2. The molecule has 0 radical (unpaired) electrons. The Balaban J connectivity index is 1.46. The summed E-state index contributed by atoms with van der Waals surface area (Å²) in [6.45, 7) is 2.66. The maximum atomic E-state index is 10.6. The van der Waals surface area contributed by atoms with E-state index < -0.39 is 5.97 Å². The third kappa shape index (κ3) is 3.32. The van der Waals surface area contributed by atoms with E-state index >= 15 is 0 Å². The molecular weight excluding hydrogens is 246 g/mol. The minimum Gasteiger partial charge on any atom is -0.481 e. The molecule has 1 aliphatic carbocycles. The number of nitrogens with zero attached hydrogens (tertiary/aromatic N) is 3. The van der Waals surface area contributed by atoms with E-state index in [0.29, 0.717) is 11.8 Å². The van der Waals surface area contributed by atoms with Gasteiger partial charge in [-0.25, -0.2) is 0 Å². The fourth-order valence-electron chi connectivity index (χ4n) is 2.65. The zero-order valence-electron chi connectivity index (χ0n) is 10.9. The third-order valence-electron chi connectivity index (χ3n) is 3.91. The minimum atomic E-state index is -0.703. The summed E-state index contributed by atoms with van der Waals surface area (Å²) in [6, 6.07) is 0. The standard InChI is InChI=1S/C13H19N3O3/c17-12(18)4-1-9-5-6-16(7-9)8-11-14-13(19-15-11)10-2-3-10/h9-10H,1-8H2,(H,17,18). The molecule has 6 nitrogen and oxygen atoms in total. The van der Waals surface area contributed by atoms with Crippen molar-refractivity contribution in [2.75, 3.05) is 13.1 Å². The summed E-state index contributed by atoms with van der Waals surface area (Å²) in [7, 11) is 0. The first kappa shape index (κ1) is 12.6. The van der Waals surface area contributed by atoms with E-state index in [1.165, 1.54) is 12.8 Å². The predicted octanol–water partition coefficient (Wildman–Crippen LogP) is 1.63. The van der Waals surface area contributed by atoms with Gasteiger partial charge in [0.1, 0.15) is 0 Å². The molecule has 3 rings (SSSR count). The largest absolute Gasteiger partial charge is 0.481 e. The first-order valence-corrected chi connectivity index (χ1v) is 6.97. The van der Waals surface area contributed by atoms with Gasteiger partial charge in [0.05, 0.1) is 6.54 Å². The van der Waals surface area contributed by atoms with Crippen LogP contribution in [0.2, 0.25) is 0 Å². The Labute approximate surface area is 111 Å². The molecular formula is C13H19N3O3. The lowest BCUT2D eigenvalue weighted by Gasteiger charge is -2.12. The molecule has 19 heavy (non-hydrogen) atoms. The van der Waals surface area contributed by atoms with Gasteiger partial charge in [-0.1, -0.05) is 5.16 Å². The Morgan fingerprint density at radius 3 is 3.00 bits per heavy atom. The topological polar surface area (TPSA) is 79.5 Å². The van der Waals surface area contributed by atoms with E-state index in [2.05, 4.69) is 15.0 Å². The summed E-state index contributed by atoms with van der Waals surface area (Å²) < 4.78 is 5.24. The van der Waals surface area contributed by atoms with Crippen molar-refractivity contribution >= 4 is 5.97 Å². The highest BCUT2D eigenvalue weighted by molar-refractivity contribution is 5.66. The van der Waals surface area contributed by atoms with E-state index in [1.54, 1.807) is 0 Å². The molecule has 1 saturated carbocycles. The van der Waals surface area contributed by atoms with Crippen LogP contribution < -0.4 is 0 Å². The van der Waals surface area contributed by atoms with Gasteiger partial charge in [-0.05, 0) is 38.1 Å². The van der Waals surface area contributed by atoms with Crippen molar-refractivity contribution in [3.8, 4) is 0 Å². The fourth-order valence-corrected chi connectivity index (χ4v) is 2.65. The van der Waals surface area contributed by atoms with Gasteiger partial charge in [0.2, 0.25) is 5.89 Å². The lowest BCUT2D eigenvalue weighted by molar-refractivity contribution is -0.137. The molecule has 104 valence electrons. The highest BCUT2D eigenvalue weighted by Gasteiger charge is 2.30. The van der Waals surface area contributed by atoms with Gasteiger partial charge >= 0.3 is 5.97 Å². The van der Waals surface area contributed by atoms with Crippen LogP contribution in [0.3, 0.4) is 0 Å². The molecule has 1 atom stereocenters. The second kappa shape index (κ2) is 5.28.